The van der Waals surface area contributed by atoms with E-state index in [1.165, 1.54) is 5.56 Å². The molecule has 0 aliphatic carbocycles. The van der Waals surface area contributed by atoms with Gasteiger partial charge in [-0.2, -0.15) is 0 Å². The first kappa shape index (κ1) is 17.6. The molecule has 0 aliphatic heterocycles. The maximum Gasteiger partial charge on any atom is 0.230 e. The number of hydrogen-bond acceptors (Lipinski definition) is 3. The molecule has 0 spiro atoms. The van der Waals surface area contributed by atoms with Gasteiger partial charge in [0.05, 0.1) is 11.8 Å². The lowest BCUT2D eigenvalue weighted by Gasteiger charge is -2.23. The quantitative estimate of drug-likeness (QED) is 0.790. The van der Waals surface area contributed by atoms with Crippen LogP contribution in [0.2, 0.25) is 0 Å². The highest BCUT2D eigenvalue weighted by Gasteiger charge is 2.15. The smallest absolute Gasteiger partial charge is 0.230 e. The van der Waals surface area contributed by atoms with Crippen LogP contribution < -0.4 is 5.32 Å². The Balaban J connectivity index is 1.96. The van der Waals surface area contributed by atoms with Crippen LogP contribution in [0, 0.1) is 6.92 Å². The number of benzene rings is 2. The third-order valence-electron chi connectivity index (χ3n) is 3.54. The zero-order valence-corrected chi connectivity index (χ0v) is 14.8. The van der Waals surface area contributed by atoms with Crippen molar-refractivity contribution in [1.29, 1.82) is 0 Å². The molecule has 1 N–H and O–H groups in total. The lowest BCUT2D eigenvalue weighted by atomic mass is 10.1. The number of likely N-dealkylation sites (N-methyl/N-ethyl adjacent to an activating group) is 1. The molecule has 0 aliphatic rings. The number of amides is 1. The Morgan fingerprint density at radius 2 is 1.74 bits per heavy atom. The van der Waals surface area contributed by atoms with Gasteiger partial charge in [-0.1, -0.05) is 48.5 Å². The second-order valence-electron chi connectivity index (χ2n) is 5.85. The van der Waals surface area contributed by atoms with Gasteiger partial charge in [-0.25, -0.2) is 0 Å². The number of carbonyl (C=O) groups excluding carboxylic acids is 1. The molecule has 4 heteroatoms. The lowest BCUT2D eigenvalue weighted by molar-refractivity contribution is -0.119. The van der Waals surface area contributed by atoms with Crippen molar-refractivity contribution in [2.45, 2.75) is 17.9 Å². The van der Waals surface area contributed by atoms with E-state index in [9.17, 15) is 4.79 Å². The van der Waals surface area contributed by atoms with E-state index in [1.54, 1.807) is 11.8 Å². The predicted molar refractivity (Wildman–Crippen MR) is 97.8 cm³/mol. The van der Waals surface area contributed by atoms with Crippen LogP contribution in [0.5, 0.6) is 0 Å². The fourth-order valence-electron chi connectivity index (χ4n) is 2.38. The molecule has 23 heavy (non-hydrogen) atoms. The first-order valence-electron chi connectivity index (χ1n) is 7.73. The summed E-state index contributed by atoms with van der Waals surface area (Å²) in [6, 6.07) is 18.3. The largest absolute Gasteiger partial charge is 0.347 e. The molecule has 3 nitrogen and oxygen atoms in total. The van der Waals surface area contributed by atoms with Gasteiger partial charge < -0.3 is 10.2 Å². The minimum absolute atomic E-state index is 0.0103. The number of hydrogen-bond donors (Lipinski definition) is 1. The summed E-state index contributed by atoms with van der Waals surface area (Å²) in [5, 5.41) is 3.15. The second-order valence-corrected chi connectivity index (χ2v) is 6.86. The molecule has 0 fully saturated rings. The molecule has 0 unspecified atom stereocenters. The maximum atomic E-state index is 12.3. The van der Waals surface area contributed by atoms with Crippen molar-refractivity contribution >= 4 is 17.7 Å². The molecule has 2 aromatic rings. The van der Waals surface area contributed by atoms with E-state index >= 15 is 0 Å². The summed E-state index contributed by atoms with van der Waals surface area (Å²) in [5.41, 5.74) is 2.34. The summed E-state index contributed by atoms with van der Waals surface area (Å²) in [5.74, 6) is 0.496. The fraction of sp³-hybridized carbons (Fsp3) is 0.316. The van der Waals surface area contributed by atoms with Gasteiger partial charge in [-0.3, -0.25) is 4.79 Å². The predicted octanol–water partition coefficient (Wildman–Crippen LogP) is 3.51. The third kappa shape index (κ3) is 5.73. The summed E-state index contributed by atoms with van der Waals surface area (Å²) in [6.45, 7) is 2.85. The van der Waals surface area contributed by atoms with Gasteiger partial charge >= 0.3 is 0 Å². The van der Waals surface area contributed by atoms with Crippen molar-refractivity contribution in [1.82, 2.24) is 10.2 Å². The van der Waals surface area contributed by atoms with Gasteiger partial charge in [0, 0.05) is 11.4 Å². The molecule has 122 valence electrons. The molecular formula is C19H24N2OS. The average Bonchev–Trinajstić information content (AvgIpc) is 2.54. The van der Waals surface area contributed by atoms with E-state index < -0.39 is 0 Å². The minimum Gasteiger partial charge on any atom is -0.347 e. The van der Waals surface area contributed by atoms with Gasteiger partial charge in [-0.05, 0) is 38.2 Å². The van der Waals surface area contributed by atoms with Crippen molar-refractivity contribution < 1.29 is 4.79 Å². The summed E-state index contributed by atoms with van der Waals surface area (Å²) in [4.78, 5) is 15.6. The van der Waals surface area contributed by atoms with Crippen molar-refractivity contribution in [2.75, 3.05) is 26.4 Å². The highest BCUT2D eigenvalue weighted by Crippen LogP contribution is 2.22. The van der Waals surface area contributed by atoms with Crippen LogP contribution in [-0.4, -0.2) is 37.2 Å². The molecule has 0 radical (unpaired) electrons. The molecule has 0 saturated carbocycles. The summed E-state index contributed by atoms with van der Waals surface area (Å²) < 4.78 is 0. The van der Waals surface area contributed by atoms with Crippen LogP contribution in [0.25, 0.3) is 0 Å². The van der Waals surface area contributed by atoms with Gasteiger partial charge in [0.1, 0.15) is 0 Å². The Labute approximate surface area is 143 Å². The molecule has 2 aromatic carbocycles. The molecule has 0 saturated heterocycles. The van der Waals surface area contributed by atoms with Crippen LogP contribution in [0.4, 0.5) is 0 Å². The fourth-order valence-corrected chi connectivity index (χ4v) is 3.22. The summed E-state index contributed by atoms with van der Waals surface area (Å²) in [7, 11) is 4.04. The lowest BCUT2D eigenvalue weighted by Crippen LogP contribution is -2.36. The first-order valence-corrected chi connectivity index (χ1v) is 8.72. The molecular weight excluding hydrogens is 304 g/mol. The van der Waals surface area contributed by atoms with Crippen molar-refractivity contribution in [3.05, 3.63) is 65.7 Å². The Morgan fingerprint density at radius 3 is 2.39 bits per heavy atom. The van der Waals surface area contributed by atoms with Gasteiger partial charge in [0.15, 0.2) is 0 Å². The number of nitrogens with zero attached hydrogens (tertiary/aromatic N) is 1. The minimum atomic E-state index is 0.0103. The van der Waals surface area contributed by atoms with E-state index in [0.29, 0.717) is 5.75 Å². The summed E-state index contributed by atoms with van der Waals surface area (Å²) in [6.07, 6.45) is 0. The average molecular weight is 328 g/mol. The van der Waals surface area contributed by atoms with E-state index in [2.05, 4.69) is 41.4 Å². The third-order valence-corrected chi connectivity index (χ3v) is 4.71. The summed E-state index contributed by atoms with van der Waals surface area (Å²) >= 11 is 1.59. The Kier molecular flexibility index (Phi) is 6.68. The van der Waals surface area contributed by atoms with E-state index in [4.69, 9.17) is 0 Å². The van der Waals surface area contributed by atoms with E-state index in [-0.39, 0.29) is 11.9 Å². The van der Waals surface area contributed by atoms with Crippen LogP contribution in [0.3, 0.4) is 0 Å². The number of thioether (sulfide) groups is 1. The molecule has 0 aromatic heterocycles. The number of carbonyl (C=O) groups is 1. The molecule has 1 atom stereocenters. The molecule has 0 heterocycles. The van der Waals surface area contributed by atoms with Crippen molar-refractivity contribution in [3.8, 4) is 0 Å². The standard InChI is InChI=1S/C19H24N2OS/c1-15-9-7-8-12-18(15)23-14-19(22)20-17(13-21(2)3)16-10-5-4-6-11-16/h4-12,17H,13-14H2,1-3H3,(H,20,22)/t17-/m1/s1. The zero-order valence-electron chi connectivity index (χ0n) is 14.0. The molecule has 0 bridgehead atoms. The van der Waals surface area contributed by atoms with E-state index in [0.717, 1.165) is 17.0 Å². The molecule has 1 amide bonds. The highest BCUT2D eigenvalue weighted by atomic mass is 32.2. The van der Waals surface area contributed by atoms with Gasteiger partial charge in [0.2, 0.25) is 5.91 Å². The highest BCUT2D eigenvalue weighted by molar-refractivity contribution is 8.00. The van der Waals surface area contributed by atoms with Crippen LogP contribution in [-0.2, 0) is 4.79 Å². The van der Waals surface area contributed by atoms with Gasteiger partial charge in [-0.15, -0.1) is 11.8 Å². The molecule has 2 rings (SSSR count). The number of aryl methyl sites for hydroxylation is 1. The van der Waals surface area contributed by atoms with Crippen LogP contribution >= 0.6 is 11.8 Å². The zero-order chi connectivity index (χ0) is 16.7. The van der Waals surface area contributed by atoms with Crippen molar-refractivity contribution in [2.24, 2.45) is 0 Å². The Bertz CT molecular complexity index is 628. The SMILES string of the molecule is Cc1ccccc1SCC(=O)N[C@H](CN(C)C)c1ccccc1. The Hall–Kier alpha value is -1.78. The first-order chi connectivity index (χ1) is 11.1. The van der Waals surface area contributed by atoms with Crippen LogP contribution in [0.1, 0.15) is 17.2 Å². The van der Waals surface area contributed by atoms with Crippen LogP contribution in [0.15, 0.2) is 59.5 Å². The van der Waals surface area contributed by atoms with Crippen molar-refractivity contribution in [3.63, 3.8) is 0 Å². The number of rotatable bonds is 7. The van der Waals surface area contributed by atoms with Gasteiger partial charge in [0.25, 0.3) is 0 Å². The Morgan fingerprint density at radius 1 is 1.09 bits per heavy atom. The topological polar surface area (TPSA) is 32.3 Å². The number of nitrogens with one attached hydrogen (secondary N) is 1. The second kappa shape index (κ2) is 8.75. The normalized spacial score (nSPS) is 12.2. The maximum absolute atomic E-state index is 12.3. The van der Waals surface area contributed by atoms with E-state index in [1.807, 2.05) is 44.4 Å². The monoisotopic (exact) mass is 328 g/mol.